The van der Waals surface area contributed by atoms with E-state index in [2.05, 4.69) is 0 Å². The number of nitrogens with zero attached hydrogens (tertiary/aromatic N) is 2. The van der Waals surface area contributed by atoms with Gasteiger partial charge in [0.25, 0.3) is 0 Å². The molecule has 0 saturated carbocycles. The van der Waals surface area contributed by atoms with E-state index in [1.807, 2.05) is 6.07 Å². The first kappa shape index (κ1) is 14.4. The van der Waals surface area contributed by atoms with E-state index in [9.17, 15) is 9.59 Å². The summed E-state index contributed by atoms with van der Waals surface area (Å²) in [5.74, 6) is -1.19. The van der Waals surface area contributed by atoms with Crippen LogP contribution in [-0.2, 0) is 9.59 Å². The molecule has 2 atom stereocenters. The Morgan fingerprint density at radius 1 is 1.38 bits per heavy atom. The molecule has 0 aromatic rings. The van der Waals surface area contributed by atoms with Gasteiger partial charge in [0, 0.05) is 25.9 Å². The monoisotopic (exact) mass is 226 g/mol. The van der Waals surface area contributed by atoms with Crippen molar-refractivity contribution in [2.75, 3.05) is 7.05 Å². The van der Waals surface area contributed by atoms with E-state index >= 15 is 0 Å². The first-order valence-electron chi connectivity index (χ1n) is 5.22. The number of hydrogen-bond acceptors (Lipinski definition) is 3. The van der Waals surface area contributed by atoms with Crippen LogP contribution >= 0.6 is 0 Å². The fourth-order valence-corrected chi connectivity index (χ4v) is 1.33. The number of amides is 1. The molecular weight excluding hydrogens is 208 g/mol. The number of carbonyl (C=O) groups is 2. The molecule has 0 heterocycles. The van der Waals surface area contributed by atoms with Gasteiger partial charge in [0.05, 0.1) is 12.5 Å². The average molecular weight is 226 g/mol. The van der Waals surface area contributed by atoms with Gasteiger partial charge < -0.3 is 10.0 Å². The topological polar surface area (TPSA) is 81.4 Å². The number of nitriles is 1. The molecule has 16 heavy (non-hydrogen) atoms. The number of carboxylic acids is 1. The van der Waals surface area contributed by atoms with Gasteiger partial charge in [0.15, 0.2) is 0 Å². The predicted molar refractivity (Wildman–Crippen MR) is 58.5 cm³/mol. The van der Waals surface area contributed by atoms with Crippen LogP contribution in [0.5, 0.6) is 0 Å². The second kappa shape index (κ2) is 6.83. The van der Waals surface area contributed by atoms with E-state index in [1.165, 1.54) is 4.90 Å². The summed E-state index contributed by atoms with van der Waals surface area (Å²) in [6.45, 7) is 3.53. The molecule has 5 heteroatoms. The van der Waals surface area contributed by atoms with Crippen molar-refractivity contribution in [2.24, 2.45) is 5.92 Å². The van der Waals surface area contributed by atoms with Gasteiger partial charge in [-0.1, -0.05) is 6.92 Å². The summed E-state index contributed by atoms with van der Waals surface area (Å²) in [6, 6.07) is 1.87. The van der Waals surface area contributed by atoms with Crippen LogP contribution in [0, 0.1) is 17.2 Å². The standard InChI is InChI=1S/C11H18N2O3/c1-8(7-11(15)16)6-10(14)13(3)9(2)4-5-12/h8-9H,4,6-7H2,1-3H3,(H,15,16). The van der Waals surface area contributed by atoms with E-state index in [1.54, 1.807) is 20.9 Å². The van der Waals surface area contributed by atoms with Crippen molar-refractivity contribution in [3.05, 3.63) is 0 Å². The maximum Gasteiger partial charge on any atom is 0.303 e. The summed E-state index contributed by atoms with van der Waals surface area (Å²) in [5.41, 5.74) is 0. The van der Waals surface area contributed by atoms with Crippen LogP contribution in [0.25, 0.3) is 0 Å². The highest BCUT2D eigenvalue weighted by Gasteiger charge is 2.19. The molecular formula is C11H18N2O3. The average Bonchev–Trinajstić information content (AvgIpc) is 2.15. The van der Waals surface area contributed by atoms with Crippen LogP contribution in [0.15, 0.2) is 0 Å². The Hall–Kier alpha value is -1.57. The molecule has 0 fully saturated rings. The van der Waals surface area contributed by atoms with E-state index < -0.39 is 5.97 Å². The Morgan fingerprint density at radius 2 is 1.94 bits per heavy atom. The Morgan fingerprint density at radius 3 is 2.38 bits per heavy atom. The van der Waals surface area contributed by atoms with Crippen LogP contribution in [0.4, 0.5) is 0 Å². The minimum absolute atomic E-state index is 0.00773. The molecule has 0 aliphatic heterocycles. The van der Waals surface area contributed by atoms with E-state index in [0.717, 1.165) is 0 Å². The van der Waals surface area contributed by atoms with Crippen LogP contribution in [0.3, 0.4) is 0 Å². The van der Waals surface area contributed by atoms with Crippen molar-refractivity contribution >= 4 is 11.9 Å². The summed E-state index contributed by atoms with van der Waals surface area (Å²) in [4.78, 5) is 23.6. The number of hydrogen-bond donors (Lipinski definition) is 1. The molecule has 0 saturated heterocycles. The van der Waals surface area contributed by atoms with E-state index in [4.69, 9.17) is 10.4 Å². The maximum absolute atomic E-state index is 11.7. The molecule has 90 valence electrons. The van der Waals surface area contributed by atoms with Crippen molar-refractivity contribution in [3.8, 4) is 6.07 Å². The molecule has 1 amide bonds. The second-order valence-corrected chi connectivity index (χ2v) is 4.12. The molecule has 0 aliphatic carbocycles. The van der Waals surface area contributed by atoms with Gasteiger partial charge in [-0.3, -0.25) is 9.59 Å². The number of rotatable bonds is 6. The Bertz CT molecular complexity index is 296. The lowest BCUT2D eigenvalue weighted by molar-refractivity contribution is -0.138. The quantitative estimate of drug-likeness (QED) is 0.739. The second-order valence-electron chi connectivity index (χ2n) is 4.12. The smallest absolute Gasteiger partial charge is 0.303 e. The zero-order valence-corrected chi connectivity index (χ0v) is 9.93. The zero-order valence-electron chi connectivity index (χ0n) is 9.93. The summed E-state index contributed by atoms with van der Waals surface area (Å²) >= 11 is 0. The molecule has 0 aliphatic rings. The molecule has 0 radical (unpaired) electrons. The molecule has 0 aromatic carbocycles. The summed E-state index contributed by atoms with van der Waals surface area (Å²) in [7, 11) is 1.64. The highest BCUT2D eigenvalue weighted by molar-refractivity contribution is 5.77. The maximum atomic E-state index is 11.7. The first-order chi connectivity index (χ1) is 7.38. The molecule has 1 N–H and O–H groups in total. The van der Waals surface area contributed by atoms with Crippen molar-refractivity contribution in [1.29, 1.82) is 5.26 Å². The highest BCUT2D eigenvalue weighted by Crippen LogP contribution is 2.11. The zero-order chi connectivity index (χ0) is 12.7. The van der Waals surface area contributed by atoms with Crippen LogP contribution < -0.4 is 0 Å². The Balaban J connectivity index is 4.15. The van der Waals surface area contributed by atoms with Crippen molar-refractivity contribution in [2.45, 2.75) is 39.2 Å². The van der Waals surface area contributed by atoms with E-state index in [0.29, 0.717) is 0 Å². The number of carboxylic acid groups (broad SMARTS) is 1. The van der Waals surface area contributed by atoms with Gasteiger partial charge >= 0.3 is 5.97 Å². The van der Waals surface area contributed by atoms with Gasteiger partial charge in [-0.2, -0.15) is 5.26 Å². The van der Waals surface area contributed by atoms with Gasteiger partial charge in [-0.15, -0.1) is 0 Å². The number of aliphatic carboxylic acids is 1. The molecule has 0 rings (SSSR count). The minimum atomic E-state index is -0.895. The number of carbonyl (C=O) groups excluding carboxylic acids is 1. The van der Waals surface area contributed by atoms with Crippen molar-refractivity contribution in [1.82, 2.24) is 4.90 Å². The van der Waals surface area contributed by atoms with Crippen LogP contribution in [-0.4, -0.2) is 35.0 Å². The fraction of sp³-hybridized carbons (Fsp3) is 0.727. The van der Waals surface area contributed by atoms with Gasteiger partial charge in [-0.25, -0.2) is 0 Å². The third kappa shape index (κ3) is 5.35. The van der Waals surface area contributed by atoms with Crippen LogP contribution in [0.1, 0.15) is 33.1 Å². The molecule has 2 unspecified atom stereocenters. The molecule has 0 bridgehead atoms. The molecule has 5 nitrogen and oxygen atoms in total. The van der Waals surface area contributed by atoms with Gasteiger partial charge in [0.2, 0.25) is 5.91 Å². The highest BCUT2D eigenvalue weighted by atomic mass is 16.4. The minimum Gasteiger partial charge on any atom is -0.481 e. The fourth-order valence-electron chi connectivity index (χ4n) is 1.33. The lowest BCUT2D eigenvalue weighted by atomic mass is 10.0. The SMILES string of the molecule is CC(CC(=O)O)CC(=O)N(C)C(C)CC#N. The predicted octanol–water partition coefficient (Wildman–Crippen LogP) is 1.25. The summed E-state index contributed by atoms with van der Waals surface area (Å²) < 4.78 is 0. The van der Waals surface area contributed by atoms with Crippen molar-refractivity contribution < 1.29 is 14.7 Å². The molecule has 0 spiro atoms. The van der Waals surface area contributed by atoms with Gasteiger partial charge in [-0.05, 0) is 12.8 Å². The molecule has 0 aromatic heterocycles. The first-order valence-corrected chi connectivity index (χ1v) is 5.22. The lowest BCUT2D eigenvalue weighted by Gasteiger charge is -2.24. The summed E-state index contributed by atoms with van der Waals surface area (Å²) in [5, 5.41) is 17.1. The van der Waals surface area contributed by atoms with Crippen molar-refractivity contribution in [3.63, 3.8) is 0 Å². The van der Waals surface area contributed by atoms with Crippen LogP contribution in [0.2, 0.25) is 0 Å². The largest absolute Gasteiger partial charge is 0.481 e. The third-order valence-corrected chi connectivity index (χ3v) is 2.49. The third-order valence-electron chi connectivity index (χ3n) is 2.49. The normalized spacial score (nSPS) is 13.6. The summed E-state index contributed by atoms with van der Waals surface area (Å²) in [6.07, 6.45) is 0.486. The Kier molecular flexibility index (Phi) is 6.16. The van der Waals surface area contributed by atoms with Gasteiger partial charge in [0.1, 0.15) is 0 Å². The lowest BCUT2D eigenvalue weighted by Crippen LogP contribution is -2.35. The van der Waals surface area contributed by atoms with E-state index in [-0.39, 0.29) is 37.1 Å². The Labute approximate surface area is 95.7 Å².